The van der Waals surface area contributed by atoms with E-state index in [2.05, 4.69) is 9.72 Å². The molecule has 1 aromatic carbocycles. The van der Waals surface area contributed by atoms with Crippen LogP contribution in [0.3, 0.4) is 0 Å². The van der Waals surface area contributed by atoms with Crippen molar-refractivity contribution >= 4 is 22.9 Å². The number of ether oxygens (including phenoxy) is 1. The Morgan fingerprint density at radius 2 is 2.22 bits per heavy atom. The van der Waals surface area contributed by atoms with Gasteiger partial charge in [-0.1, -0.05) is 6.07 Å². The zero-order valence-electron chi connectivity index (χ0n) is 10.1. The Bertz CT molecular complexity index is 686. The number of aryl methyl sites for hydroxylation is 1. The van der Waals surface area contributed by atoms with E-state index in [0.717, 1.165) is 5.56 Å². The lowest BCUT2D eigenvalue weighted by Gasteiger charge is -2.01. The molecule has 0 aliphatic rings. The molecule has 0 amide bonds. The van der Waals surface area contributed by atoms with Gasteiger partial charge in [0.25, 0.3) is 5.56 Å². The van der Waals surface area contributed by atoms with Crippen LogP contribution in [0.2, 0.25) is 0 Å². The number of carbonyl (C=O) groups excluding carboxylic acids is 1. The van der Waals surface area contributed by atoms with Gasteiger partial charge in [-0.3, -0.25) is 4.79 Å². The van der Waals surface area contributed by atoms with Crippen molar-refractivity contribution in [1.29, 1.82) is 0 Å². The third-order valence-corrected chi connectivity index (χ3v) is 2.55. The van der Waals surface area contributed by atoms with E-state index >= 15 is 0 Å². The minimum absolute atomic E-state index is 0.117. The summed E-state index contributed by atoms with van der Waals surface area (Å²) in [5.74, 6) is -0.436. The Morgan fingerprint density at radius 1 is 1.44 bits per heavy atom. The van der Waals surface area contributed by atoms with Crippen molar-refractivity contribution in [3.63, 3.8) is 0 Å². The van der Waals surface area contributed by atoms with E-state index < -0.39 is 5.97 Å². The van der Waals surface area contributed by atoms with Crippen molar-refractivity contribution in [2.75, 3.05) is 7.11 Å². The van der Waals surface area contributed by atoms with E-state index in [9.17, 15) is 9.59 Å². The fraction of sp³-hybridized carbons (Fsp3) is 0.154. The van der Waals surface area contributed by atoms with Crippen LogP contribution >= 0.6 is 0 Å². The zero-order valence-corrected chi connectivity index (χ0v) is 10.1. The van der Waals surface area contributed by atoms with Gasteiger partial charge in [-0.25, -0.2) is 9.78 Å². The Kier molecular flexibility index (Phi) is 3.23. The molecule has 2 aromatic rings. The van der Waals surface area contributed by atoms with Crippen molar-refractivity contribution in [3.05, 3.63) is 46.5 Å². The molecule has 1 heterocycles. The van der Waals surface area contributed by atoms with Gasteiger partial charge in [-0.05, 0) is 23.8 Å². The maximum atomic E-state index is 11.9. The van der Waals surface area contributed by atoms with Crippen LogP contribution in [0.15, 0.2) is 35.4 Å². The predicted molar refractivity (Wildman–Crippen MR) is 68.0 cm³/mol. The van der Waals surface area contributed by atoms with Crippen LogP contribution in [-0.2, 0) is 16.6 Å². The average molecular weight is 244 g/mol. The third kappa shape index (κ3) is 2.29. The smallest absolute Gasteiger partial charge is 0.330 e. The minimum Gasteiger partial charge on any atom is -0.466 e. The molecule has 5 nitrogen and oxygen atoms in total. The molecule has 0 atom stereocenters. The minimum atomic E-state index is -0.436. The zero-order chi connectivity index (χ0) is 13.1. The normalized spacial score (nSPS) is 11.0. The summed E-state index contributed by atoms with van der Waals surface area (Å²) in [6, 6.07) is 5.23. The van der Waals surface area contributed by atoms with Gasteiger partial charge in [0.2, 0.25) is 0 Å². The summed E-state index contributed by atoms with van der Waals surface area (Å²) in [5.41, 5.74) is 1.26. The number of fused-ring (bicyclic) bond motifs is 1. The largest absolute Gasteiger partial charge is 0.466 e. The molecule has 2 rings (SSSR count). The number of hydrogen-bond acceptors (Lipinski definition) is 4. The monoisotopic (exact) mass is 244 g/mol. The van der Waals surface area contributed by atoms with Crippen molar-refractivity contribution in [2.45, 2.75) is 0 Å². The molecule has 0 saturated carbocycles. The maximum Gasteiger partial charge on any atom is 0.330 e. The van der Waals surface area contributed by atoms with Crippen LogP contribution in [-0.4, -0.2) is 22.6 Å². The van der Waals surface area contributed by atoms with Gasteiger partial charge in [0.1, 0.15) is 0 Å². The van der Waals surface area contributed by atoms with Gasteiger partial charge < -0.3 is 9.30 Å². The van der Waals surface area contributed by atoms with Gasteiger partial charge >= 0.3 is 5.97 Å². The summed E-state index contributed by atoms with van der Waals surface area (Å²) < 4.78 is 5.91. The first-order valence-corrected chi connectivity index (χ1v) is 5.33. The summed E-state index contributed by atoms with van der Waals surface area (Å²) >= 11 is 0. The number of carbonyl (C=O) groups is 1. The molecule has 1 aromatic heterocycles. The van der Waals surface area contributed by atoms with E-state index in [-0.39, 0.29) is 5.56 Å². The topological polar surface area (TPSA) is 61.2 Å². The predicted octanol–water partition coefficient (Wildman–Crippen LogP) is 1.12. The number of benzene rings is 1. The highest BCUT2D eigenvalue weighted by atomic mass is 16.5. The number of methoxy groups -OCH3 is 1. The number of rotatable bonds is 2. The lowest BCUT2D eigenvalue weighted by molar-refractivity contribution is -0.134. The van der Waals surface area contributed by atoms with Crippen molar-refractivity contribution in [2.24, 2.45) is 7.05 Å². The summed E-state index contributed by atoms with van der Waals surface area (Å²) in [7, 11) is 2.96. The molecule has 92 valence electrons. The first kappa shape index (κ1) is 12.0. The molecule has 0 unspecified atom stereocenters. The second-order valence-corrected chi connectivity index (χ2v) is 3.79. The number of nitrogens with zero attached hydrogens (tertiary/aromatic N) is 2. The van der Waals surface area contributed by atoms with Crippen LogP contribution in [0.5, 0.6) is 0 Å². The van der Waals surface area contributed by atoms with Crippen molar-refractivity contribution < 1.29 is 9.53 Å². The summed E-state index contributed by atoms with van der Waals surface area (Å²) in [4.78, 5) is 27.0. The van der Waals surface area contributed by atoms with Crippen LogP contribution in [0.4, 0.5) is 0 Å². The van der Waals surface area contributed by atoms with Crippen molar-refractivity contribution in [3.8, 4) is 0 Å². The van der Waals surface area contributed by atoms with E-state index in [1.807, 2.05) is 0 Å². The summed E-state index contributed by atoms with van der Waals surface area (Å²) in [6.45, 7) is 0. The van der Waals surface area contributed by atoms with Crippen LogP contribution in [0.1, 0.15) is 5.56 Å². The summed E-state index contributed by atoms with van der Waals surface area (Å²) in [5, 5.41) is 0.520. The molecule has 0 fully saturated rings. The molecule has 0 aliphatic heterocycles. The molecular weight excluding hydrogens is 232 g/mol. The molecule has 0 radical (unpaired) electrons. The second-order valence-electron chi connectivity index (χ2n) is 3.79. The molecule has 0 spiro atoms. The molecule has 18 heavy (non-hydrogen) atoms. The molecule has 0 saturated heterocycles. The fourth-order valence-corrected chi connectivity index (χ4v) is 1.56. The highest BCUT2D eigenvalue weighted by Gasteiger charge is 2.02. The van der Waals surface area contributed by atoms with E-state index in [0.29, 0.717) is 10.9 Å². The number of esters is 1. The van der Waals surface area contributed by atoms with Gasteiger partial charge in [0.05, 0.1) is 24.3 Å². The lowest BCUT2D eigenvalue weighted by Crippen LogP contribution is -2.16. The molecule has 5 heteroatoms. The molecule has 0 N–H and O–H groups in total. The first-order valence-electron chi connectivity index (χ1n) is 5.33. The SMILES string of the molecule is COC(=O)C=Cc1ccc2ncn(C)c(=O)c2c1. The second kappa shape index (κ2) is 4.83. The van der Waals surface area contributed by atoms with Gasteiger partial charge in [0.15, 0.2) is 0 Å². The first-order chi connectivity index (χ1) is 8.61. The Morgan fingerprint density at radius 3 is 2.94 bits per heavy atom. The van der Waals surface area contributed by atoms with Gasteiger partial charge in [-0.15, -0.1) is 0 Å². The quantitative estimate of drug-likeness (QED) is 0.586. The Labute approximate surface area is 103 Å². The number of aromatic nitrogens is 2. The highest BCUT2D eigenvalue weighted by Crippen LogP contribution is 2.11. The van der Waals surface area contributed by atoms with Crippen LogP contribution in [0.25, 0.3) is 17.0 Å². The Balaban J connectivity index is 2.50. The molecule has 0 bridgehead atoms. The van der Waals surface area contributed by atoms with Gasteiger partial charge in [0, 0.05) is 13.1 Å². The lowest BCUT2D eigenvalue weighted by atomic mass is 10.1. The van der Waals surface area contributed by atoms with Crippen molar-refractivity contribution in [1.82, 2.24) is 9.55 Å². The molecule has 0 aliphatic carbocycles. The van der Waals surface area contributed by atoms with Crippen LogP contribution < -0.4 is 5.56 Å². The fourth-order valence-electron chi connectivity index (χ4n) is 1.56. The van der Waals surface area contributed by atoms with E-state index in [1.165, 1.54) is 24.1 Å². The van der Waals surface area contributed by atoms with E-state index in [4.69, 9.17) is 0 Å². The van der Waals surface area contributed by atoms with Gasteiger partial charge in [-0.2, -0.15) is 0 Å². The summed E-state index contributed by atoms with van der Waals surface area (Å²) in [6.07, 6.45) is 4.38. The maximum absolute atomic E-state index is 11.9. The Hall–Kier alpha value is -2.43. The number of hydrogen-bond donors (Lipinski definition) is 0. The van der Waals surface area contributed by atoms with E-state index in [1.54, 1.807) is 31.3 Å². The van der Waals surface area contributed by atoms with Crippen LogP contribution in [0, 0.1) is 0 Å². The third-order valence-electron chi connectivity index (χ3n) is 2.55. The average Bonchev–Trinajstić information content (AvgIpc) is 2.40. The highest BCUT2D eigenvalue weighted by molar-refractivity contribution is 5.88. The standard InChI is InChI=1S/C13H12N2O3/c1-15-8-14-11-5-3-9(4-6-12(16)18-2)7-10(11)13(15)17/h3-8H,1-2H3. The molecular formula is C13H12N2O3.